The van der Waals surface area contributed by atoms with Crippen LogP contribution in [0, 0.1) is 6.92 Å². The highest BCUT2D eigenvalue weighted by atomic mass is 16.6. The Morgan fingerprint density at radius 3 is 1.83 bits per heavy atom. The number of hydrogen-bond acceptors (Lipinski definition) is 5. The molecule has 0 N–H and O–H groups in total. The molecular weight excluding hydrogens is 382 g/mol. The highest BCUT2D eigenvalue weighted by Gasteiger charge is 2.35. The van der Waals surface area contributed by atoms with Crippen molar-refractivity contribution in [3.05, 3.63) is 59.7 Å². The summed E-state index contributed by atoms with van der Waals surface area (Å²) in [7, 11) is 0. The Hall–Kier alpha value is -3.02. The minimum atomic E-state index is -0.824. The van der Waals surface area contributed by atoms with Gasteiger partial charge in [0, 0.05) is 0 Å². The zero-order valence-corrected chi connectivity index (χ0v) is 18.8. The molecule has 0 aliphatic heterocycles. The molecule has 0 spiro atoms. The summed E-state index contributed by atoms with van der Waals surface area (Å²) in [6, 6.07) is 15.0. The Labute approximate surface area is 178 Å². The van der Waals surface area contributed by atoms with E-state index in [2.05, 4.69) is 0 Å². The molecule has 6 heteroatoms. The number of carbonyl (C=O) groups excluding carboxylic acids is 2. The maximum absolute atomic E-state index is 13.0. The molecule has 0 saturated carbocycles. The van der Waals surface area contributed by atoms with Crippen molar-refractivity contribution in [3.63, 3.8) is 0 Å². The molecule has 0 bridgehead atoms. The molecule has 2 amide bonds. The molecule has 2 rings (SSSR count). The normalized spacial score (nSPS) is 11.6. The molecule has 0 aliphatic carbocycles. The maximum atomic E-state index is 13.0. The van der Waals surface area contributed by atoms with Crippen LogP contribution in [-0.4, -0.2) is 23.4 Å². The molecule has 0 unspecified atom stereocenters. The van der Waals surface area contributed by atoms with E-state index in [4.69, 9.17) is 14.2 Å². The molecule has 2 aromatic carbocycles. The predicted octanol–water partition coefficient (Wildman–Crippen LogP) is 6.25. The first-order chi connectivity index (χ1) is 13.9. The van der Waals surface area contributed by atoms with Gasteiger partial charge in [-0.25, -0.2) is 9.59 Å². The van der Waals surface area contributed by atoms with Crippen LogP contribution in [0.15, 0.2) is 48.5 Å². The SMILES string of the molecule is Cc1cccc(OCc2ccccc2)c1N(C(=O)OC(C)(C)C)C(=O)OC(C)(C)C. The zero-order chi connectivity index (χ0) is 22.5. The number of nitrogens with zero attached hydrogens (tertiary/aromatic N) is 1. The first-order valence-electron chi connectivity index (χ1n) is 9.90. The summed E-state index contributed by atoms with van der Waals surface area (Å²) in [6.45, 7) is 12.5. The summed E-state index contributed by atoms with van der Waals surface area (Å²) < 4.78 is 17.0. The van der Waals surface area contributed by atoms with Crippen molar-refractivity contribution in [1.29, 1.82) is 0 Å². The average Bonchev–Trinajstić information content (AvgIpc) is 2.60. The molecule has 2 aromatic rings. The first kappa shape index (κ1) is 23.3. The van der Waals surface area contributed by atoms with Crippen LogP contribution in [0.5, 0.6) is 5.75 Å². The monoisotopic (exact) mass is 413 g/mol. The number of carbonyl (C=O) groups is 2. The van der Waals surface area contributed by atoms with Crippen molar-refractivity contribution in [2.75, 3.05) is 4.90 Å². The predicted molar refractivity (Wildman–Crippen MR) is 117 cm³/mol. The Bertz CT molecular complexity index is 851. The van der Waals surface area contributed by atoms with E-state index >= 15 is 0 Å². The standard InChI is InChI=1S/C24H31NO5/c1-17-12-11-15-19(28-16-18-13-9-8-10-14-18)20(17)25(21(26)29-23(2,3)4)22(27)30-24(5,6)7/h8-15H,16H2,1-7H3. The lowest BCUT2D eigenvalue weighted by atomic mass is 10.1. The van der Waals surface area contributed by atoms with Gasteiger partial charge in [0.2, 0.25) is 0 Å². The smallest absolute Gasteiger partial charge is 0.424 e. The van der Waals surface area contributed by atoms with Gasteiger partial charge in [-0.15, -0.1) is 0 Å². The van der Waals surface area contributed by atoms with Gasteiger partial charge in [-0.2, -0.15) is 4.90 Å². The van der Waals surface area contributed by atoms with Crippen LogP contribution in [0.4, 0.5) is 15.3 Å². The molecule has 162 valence electrons. The third-order valence-corrected chi connectivity index (χ3v) is 3.81. The van der Waals surface area contributed by atoms with E-state index in [0.29, 0.717) is 17.0 Å². The van der Waals surface area contributed by atoms with Gasteiger partial charge in [0.1, 0.15) is 29.2 Å². The van der Waals surface area contributed by atoms with Crippen LogP contribution in [0.1, 0.15) is 52.7 Å². The second-order valence-corrected chi connectivity index (χ2v) is 8.99. The molecule has 0 radical (unpaired) electrons. The highest BCUT2D eigenvalue weighted by Crippen LogP contribution is 2.35. The molecule has 30 heavy (non-hydrogen) atoms. The number of benzene rings is 2. The number of para-hydroxylation sites is 1. The van der Waals surface area contributed by atoms with Gasteiger partial charge in [0.15, 0.2) is 0 Å². The van der Waals surface area contributed by atoms with Gasteiger partial charge >= 0.3 is 12.2 Å². The van der Waals surface area contributed by atoms with Gasteiger partial charge in [-0.1, -0.05) is 42.5 Å². The van der Waals surface area contributed by atoms with Crippen molar-refractivity contribution in [1.82, 2.24) is 0 Å². The zero-order valence-electron chi connectivity index (χ0n) is 18.8. The number of amides is 2. The van der Waals surface area contributed by atoms with Gasteiger partial charge in [-0.3, -0.25) is 0 Å². The molecule has 6 nitrogen and oxygen atoms in total. The number of imide groups is 1. The van der Waals surface area contributed by atoms with Crippen LogP contribution >= 0.6 is 0 Å². The van der Waals surface area contributed by atoms with Crippen LogP contribution in [-0.2, 0) is 16.1 Å². The van der Waals surface area contributed by atoms with Crippen molar-refractivity contribution in [2.24, 2.45) is 0 Å². The third kappa shape index (κ3) is 6.79. The Kier molecular flexibility index (Phi) is 7.13. The van der Waals surface area contributed by atoms with Crippen molar-refractivity contribution >= 4 is 17.9 Å². The number of hydrogen-bond donors (Lipinski definition) is 0. The van der Waals surface area contributed by atoms with Crippen LogP contribution < -0.4 is 9.64 Å². The van der Waals surface area contributed by atoms with Gasteiger partial charge in [0.05, 0.1) is 0 Å². The second kappa shape index (κ2) is 9.20. The molecular formula is C24H31NO5. The molecule has 0 saturated heterocycles. The topological polar surface area (TPSA) is 65.1 Å². The molecule has 0 atom stereocenters. The Morgan fingerprint density at radius 2 is 1.33 bits per heavy atom. The average molecular weight is 414 g/mol. The van der Waals surface area contributed by atoms with E-state index in [1.807, 2.05) is 36.4 Å². The second-order valence-electron chi connectivity index (χ2n) is 8.99. The number of aryl methyl sites for hydroxylation is 1. The molecule has 0 aliphatic rings. The molecule has 0 heterocycles. The number of rotatable bonds is 4. The molecule has 0 fully saturated rings. The van der Waals surface area contributed by atoms with Gasteiger partial charge < -0.3 is 14.2 Å². The van der Waals surface area contributed by atoms with Gasteiger partial charge in [-0.05, 0) is 65.7 Å². The quantitative estimate of drug-likeness (QED) is 0.593. The summed E-state index contributed by atoms with van der Waals surface area (Å²) in [5, 5.41) is 0. The van der Waals surface area contributed by atoms with Crippen molar-refractivity contribution in [2.45, 2.75) is 66.3 Å². The first-order valence-corrected chi connectivity index (χ1v) is 9.90. The Balaban J connectivity index is 2.45. The largest absolute Gasteiger partial charge is 0.487 e. The summed E-state index contributed by atoms with van der Waals surface area (Å²) >= 11 is 0. The summed E-state index contributed by atoms with van der Waals surface area (Å²) in [5.41, 5.74) is 0.371. The van der Waals surface area contributed by atoms with Crippen LogP contribution in [0.3, 0.4) is 0 Å². The van der Waals surface area contributed by atoms with Crippen molar-refractivity contribution in [3.8, 4) is 5.75 Å². The fraction of sp³-hybridized carbons (Fsp3) is 0.417. The van der Waals surface area contributed by atoms with Gasteiger partial charge in [0.25, 0.3) is 0 Å². The number of anilines is 1. The van der Waals surface area contributed by atoms with E-state index in [1.165, 1.54) is 0 Å². The lowest BCUT2D eigenvalue weighted by Gasteiger charge is -2.30. The fourth-order valence-corrected chi connectivity index (χ4v) is 2.64. The third-order valence-electron chi connectivity index (χ3n) is 3.81. The molecule has 0 aromatic heterocycles. The Morgan fingerprint density at radius 1 is 0.800 bits per heavy atom. The highest BCUT2D eigenvalue weighted by molar-refractivity contribution is 6.11. The summed E-state index contributed by atoms with van der Waals surface area (Å²) in [6.07, 6.45) is -1.65. The summed E-state index contributed by atoms with van der Waals surface area (Å²) in [5.74, 6) is 0.385. The minimum absolute atomic E-state index is 0.285. The number of ether oxygens (including phenoxy) is 3. The van der Waals surface area contributed by atoms with Crippen LogP contribution in [0.25, 0.3) is 0 Å². The van der Waals surface area contributed by atoms with E-state index in [9.17, 15) is 9.59 Å². The summed E-state index contributed by atoms with van der Waals surface area (Å²) in [4.78, 5) is 26.9. The van der Waals surface area contributed by atoms with E-state index in [1.54, 1.807) is 60.6 Å². The lowest BCUT2D eigenvalue weighted by Crippen LogP contribution is -2.44. The van der Waals surface area contributed by atoms with Crippen LogP contribution in [0.2, 0.25) is 0 Å². The maximum Gasteiger partial charge on any atom is 0.424 e. The van der Waals surface area contributed by atoms with E-state index < -0.39 is 23.4 Å². The van der Waals surface area contributed by atoms with E-state index in [0.717, 1.165) is 10.5 Å². The minimum Gasteiger partial charge on any atom is -0.487 e. The van der Waals surface area contributed by atoms with Crippen molar-refractivity contribution < 1.29 is 23.8 Å². The lowest BCUT2D eigenvalue weighted by molar-refractivity contribution is 0.0428. The van der Waals surface area contributed by atoms with E-state index in [-0.39, 0.29) is 6.61 Å². The fourth-order valence-electron chi connectivity index (χ4n) is 2.64.